The Morgan fingerprint density at radius 3 is 2.57 bits per heavy atom. The molecule has 5 nitrogen and oxygen atoms in total. The van der Waals surface area contributed by atoms with Crippen molar-refractivity contribution in [2.24, 2.45) is 0 Å². The summed E-state index contributed by atoms with van der Waals surface area (Å²) < 4.78 is 25.4. The molecule has 0 aliphatic carbocycles. The van der Waals surface area contributed by atoms with Crippen molar-refractivity contribution in [2.45, 2.75) is 26.9 Å². The van der Waals surface area contributed by atoms with Crippen LogP contribution in [-0.2, 0) is 17.8 Å². The lowest BCUT2D eigenvalue weighted by Crippen LogP contribution is -2.13. The maximum absolute atomic E-state index is 13.6. The van der Waals surface area contributed by atoms with Crippen molar-refractivity contribution in [3.05, 3.63) is 107 Å². The number of carbonyl (C=O) groups is 1. The first-order valence-electron chi connectivity index (χ1n) is 11.2. The summed E-state index contributed by atoms with van der Waals surface area (Å²) >= 11 is 0. The number of anilines is 1. The molecule has 0 bridgehead atoms. The van der Waals surface area contributed by atoms with E-state index in [0.29, 0.717) is 41.3 Å². The zero-order valence-corrected chi connectivity index (χ0v) is 19.8. The zero-order chi connectivity index (χ0) is 25.2. The summed E-state index contributed by atoms with van der Waals surface area (Å²) in [6.07, 6.45) is 3.70. The van der Waals surface area contributed by atoms with E-state index in [4.69, 9.17) is 9.47 Å². The van der Waals surface area contributed by atoms with E-state index in [2.05, 4.69) is 11.9 Å². The van der Waals surface area contributed by atoms with E-state index in [1.54, 1.807) is 36.4 Å². The van der Waals surface area contributed by atoms with Gasteiger partial charge in [0.1, 0.15) is 24.1 Å². The van der Waals surface area contributed by atoms with Gasteiger partial charge in [-0.25, -0.2) is 4.39 Å². The average Bonchev–Trinajstić information content (AvgIpc) is 2.84. The number of carbonyl (C=O) groups excluding carboxylic acids is 1. The first kappa shape index (κ1) is 25.3. The van der Waals surface area contributed by atoms with E-state index in [0.717, 1.165) is 11.1 Å². The number of aryl methyl sites for hydroxylation is 1. The minimum atomic E-state index is -0.508. The van der Waals surface area contributed by atoms with Gasteiger partial charge in [-0.15, -0.1) is 6.58 Å². The number of halogens is 1. The highest BCUT2D eigenvalue weighted by Gasteiger charge is 2.15. The van der Waals surface area contributed by atoms with E-state index >= 15 is 0 Å². The van der Waals surface area contributed by atoms with Crippen LogP contribution in [0.5, 0.6) is 11.5 Å². The number of amides is 1. The van der Waals surface area contributed by atoms with Crippen LogP contribution < -0.4 is 14.8 Å². The smallest absolute Gasteiger partial charge is 0.266 e. The maximum atomic E-state index is 13.6. The van der Waals surface area contributed by atoms with Crippen molar-refractivity contribution in [2.75, 3.05) is 11.9 Å². The third kappa shape index (κ3) is 7.05. The van der Waals surface area contributed by atoms with Crippen LogP contribution in [0.1, 0.15) is 29.2 Å². The van der Waals surface area contributed by atoms with Gasteiger partial charge >= 0.3 is 0 Å². The fourth-order valence-corrected chi connectivity index (χ4v) is 3.43. The molecule has 0 aliphatic rings. The second-order valence-corrected chi connectivity index (χ2v) is 7.84. The Hall–Kier alpha value is -4.37. The second kappa shape index (κ2) is 12.2. The molecule has 0 radical (unpaired) electrons. The predicted molar refractivity (Wildman–Crippen MR) is 136 cm³/mol. The topological polar surface area (TPSA) is 71.4 Å². The van der Waals surface area contributed by atoms with Gasteiger partial charge in [-0.2, -0.15) is 5.26 Å². The van der Waals surface area contributed by atoms with Crippen molar-refractivity contribution < 1.29 is 18.7 Å². The monoisotopic (exact) mass is 470 g/mol. The van der Waals surface area contributed by atoms with Gasteiger partial charge < -0.3 is 14.8 Å². The van der Waals surface area contributed by atoms with Crippen LogP contribution in [0.25, 0.3) is 6.08 Å². The van der Waals surface area contributed by atoms with Crippen molar-refractivity contribution in [1.29, 1.82) is 5.26 Å². The first-order valence-corrected chi connectivity index (χ1v) is 11.2. The quantitative estimate of drug-likeness (QED) is 0.212. The lowest BCUT2D eigenvalue weighted by atomic mass is 10.0. The normalized spacial score (nSPS) is 10.9. The van der Waals surface area contributed by atoms with Crippen LogP contribution in [0.3, 0.4) is 0 Å². The highest BCUT2D eigenvalue weighted by atomic mass is 19.1. The summed E-state index contributed by atoms with van der Waals surface area (Å²) in [6, 6.07) is 19.0. The van der Waals surface area contributed by atoms with Gasteiger partial charge in [0.15, 0.2) is 11.5 Å². The summed E-state index contributed by atoms with van der Waals surface area (Å²) in [5.41, 5.74) is 3.68. The van der Waals surface area contributed by atoms with E-state index < -0.39 is 5.91 Å². The van der Waals surface area contributed by atoms with Crippen LogP contribution in [0.4, 0.5) is 10.1 Å². The van der Waals surface area contributed by atoms with Gasteiger partial charge in [0.25, 0.3) is 5.91 Å². The number of hydrogen-bond donors (Lipinski definition) is 1. The van der Waals surface area contributed by atoms with Crippen LogP contribution in [-0.4, -0.2) is 12.5 Å². The molecule has 1 amide bonds. The third-order valence-electron chi connectivity index (χ3n) is 5.08. The number of hydrogen-bond acceptors (Lipinski definition) is 4. The highest BCUT2D eigenvalue weighted by molar-refractivity contribution is 6.09. The van der Waals surface area contributed by atoms with E-state index in [-0.39, 0.29) is 18.0 Å². The molecule has 6 heteroatoms. The number of ether oxygens (including phenoxy) is 2. The fraction of sp³-hybridized carbons (Fsp3) is 0.172. The van der Waals surface area contributed by atoms with Crippen LogP contribution in [0.15, 0.2) is 78.9 Å². The second-order valence-electron chi connectivity index (χ2n) is 7.84. The molecule has 0 unspecified atom stereocenters. The van der Waals surface area contributed by atoms with Crippen LogP contribution >= 0.6 is 0 Å². The zero-order valence-electron chi connectivity index (χ0n) is 19.8. The molecule has 0 saturated carbocycles. The number of nitrogens with one attached hydrogen (secondary N) is 1. The molecule has 3 aromatic carbocycles. The van der Waals surface area contributed by atoms with E-state index in [1.807, 2.05) is 38.1 Å². The average molecular weight is 471 g/mol. The molecular weight excluding hydrogens is 443 g/mol. The van der Waals surface area contributed by atoms with Crippen LogP contribution in [0, 0.1) is 24.1 Å². The Labute approximate surface area is 205 Å². The predicted octanol–water partition coefficient (Wildman–Crippen LogP) is 6.39. The minimum absolute atomic E-state index is 0.0500. The highest BCUT2D eigenvalue weighted by Crippen LogP contribution is 2.35. The van der Waals surface area contributed by atoms with Gasteiger partial charge in [0, 0.05) is 11.3 Å². The standard InChI is InChI=1S/C29H27FN2O3/c1-4-7-23-14-22(15-24(18-31)29(33)32-26-12-10-20(3)11-13-26)17-27(34-5-2)28(23)35-19-21-8-6-9-25(30)16-21/h4,6,8-17H,1,5,7,19H2,2-3H3,(H,32,33)/b24-15-. The largest absolute Gasteiger partial charge is 0.490 e. The van der Waals surface area contributed by atoms with E-state index in [9.17, 15) is 14.4 Å². The molecule has 0 aromatic heterocycles. The molecule has 0 atom stereocenters. The third-order valence-corrected chi connectivity index (χ3v) is 5.08. The van der Waals surface area contributed by atoms with Gasteiger partial charge in [-0.1, -0.05) is 35.9 Å². The number of rotatable bonds is 10. The number of nitrogens with zero attached hydrogens (tertiary/aromatic N) is 1. The number of nitriles is 1. The van der Waals surface area contributed by atoms with Gasteiger partial charge in [0.05, 0.1) is 6.61 Å². The van der Waals surface area contributed by atoms with Crippen molar-refractivity contribution >= 4 is 17.7 Å². The SMILES string of the molecule is C=CCc1cc(/C=C(/C#N)C(=O)Nc2ccc(C)cc2)cc(OCC)c1OCc1cccc(F)c1. The molecular formula is C29H27FN2O3. The molecule has 3 aromatic rings. The number of allylic oxidation sites excluding steroid dienone is 1. The van der Waals surface area contributed by atoms with Gasteiger partial charge in [0.2, 0.25) is 0 Å². The molecule has 1 N–H and O–H groups in total. The van der Waals surface area contributed by atoms with Gasteiger partial charge in [-0.05, 0) is 73.9 Å². The molecule has 0 saturated heterocycles. The van der Waals surface area contributed by atoms with Crippen molar-refractivity contribution in [3.63, 3.8) is 0 Å². The Bertz CT molecular complexity index is 1270. The number of benzene rings is 3. The molecule has 0 fully saturated rings. The Balaban J connectivity index is 1.92. The van der Waals surface area contributed by atoms with Crippen molar-refractivity contribution in [1.82, 2.24) is 0 Å². The Kier molecular flexibility index (Phi) is 8.80. The summed E-state index contributed by atoms with van der Waals surface area (Å²) in [5, 5.41) is 12.4. The summed E-state index contributed by atoms with van der Waals surface area (Å²) in [7, 11) is 0. The lowest BCUT2D eigenvalue weighted by molar-refractivity contribution is -0.112. The van der Waals surface area contributed by atoms with Crippen molar-refractivity contribution in [3.8, 4) is 17.6 Å². The molecule has 3 rings (SSSR count). The molecule has 0 heterocycles. The Morgan fingerprint density at radius 1 is 1.14 bits per heavy atom. The molecule has 0 aliphatic heterocycles. The summed E-state index contributed by atoms with van der Waals surface area (Å²) in [6.45, 7) is 8.15. The Morgan fingerprint density at radius 2 is 1.91 bits per heavy atom. The molecule has 0 spiro atoms. The summed E-state index contributed by atoms with van der Waals surface area (Å²) in [5.74, 6) is 0.128. The fourth-order valence-electron chi connectivity index (χ4n) is 3.43. The van der Waals surface area contributed by atoms with Gasteiger partial charge in [-0.3, -0.25) is 4.79 Å². The lowest BCUT2D eigenvalue weighted by Gasteiger charge is -2.17. The first-order chi connectivity index (χ1) is 16.9. The minimum Gasteiger partial charge on any atom is -0.490 e. The molecule has 178 valence electrons. The maximum Gasteiger partial charge on any atom is 0.266 e. The van der Waals surface area contributed by atoms with Crippen LogP contribution in [0.2, 0.25) is 0 Å². The molecule has 35 heavy (non-hydrogen) atoms. The van der Waals surface area contributed by atoms with E-state index in [1.165, 1.54) is 18.2 Å². The summed E-state index contributed by atoms with van der Waals surface area (Å²) in [4.78, 5) is 12.7.